The highest BCUT2D eigenvalue weighted by Crippen LogP contribution is 2.20. The molecular weight excluding hydrogens is 229 g/mol. The molecule has 2 nitrogen and oxygen atoms in total. The third-order valence-corrected chi connectivity index (χ3v) is 2.86. The molecule has 5 heteroatoms. The molecule has 1 unspecified atom stereocenters. The summed E-state index contributed by atoms with van der Waals surface area (Å²) in [4.78, 5) is 0. The van der Waals surface area contributed by atoms with E-state index in [2.05, 4.69) is 0 Å². The lowest BCUT2D eigenvalue weighted by Gasteiger charge is -2.03. The normalized spacial score (nSPS) is 12.8. The van der Waals surface area contributed by atoms with E-state index in [9.17, 15) is 0 Å². The Labute approximate surface area is 89.9 Å². The van der Waals surface area contributed by atoms with Crippen LogP contribution in [0.15, 0.2) is 18.2 Å². The Morgan fingerprint density at radius 2 is 1.85 bits per heavy atom. The molecule has 72 valence electrons. The van der Waals surface area contributed by atoms with Gasteiger partial charge in [0.15, 0.2) is 0 Å². The quantitative estimate of drug-likeness (QED) is 0.859. The zero-order valence-corrected chi connectivity index (χ0v) is 9.34. The molecule has 0 aliphatic heterocycles. The fourth-order valence-electron chi connectivity index (χ4n) is 0.905. The van der Waals surface area contributed by atoms with Crippen molar-refractivity contribution in [2.75, 3.05) is 7.11 Å². The van der Waals surface area contributed by atoms with E-state index in [1.807, 2.05) is 0 Å². The molecule has 0 aromatic heterocycles. The molecule has 1 atom stereocenters. The lowest BCUT2D eigenvalue weighted by molar-refractivity contribution is 0.476. The first kappa shape index (κ1) is 11.0. The van der Waals surface area contributed by atoms with Gasteiger partial charge in [0.1, 0.15) is 0 Å². The van der Waals surface area contributed by atoms with Gasteiger partial charge in [0, 0.05) is 21.0 Å². The summed E-state index contributed by atoms with van der Waals surface area (Å²) in [5.41, 5.74) is 0.928. The summed E-state index contributed by atoms with van der Waals surface area (Å²) in [5.74, 6) is 0.525. The van der Waals surface area contributed by atoms with E-state index < -0.39 is 11.0 Å². The van der Waals surface area contributed by atoms with Gasteiger partial charge in [-0.05, 0) is 23.8 Å². The van der Waals surface area contributed by atoms with Crippen LogP contribution in [0.4, 0.5) is 0 Å². The van der Waals surface area contributed by atoms with Crippen LogP contribution in [0.3, 0.4) is 0 Å². The highest BCUT2D eigenvalue weighted by Gasteiger charge is 2.00. The summed E-state index contributed by atoms with van der Waals surface area (Å²) in [6, 6.07) is 5.25. The number of benzene rings is 1. The fourth-order valence-corrected chi connectivity index (χ4v) is 2.06. The van der Waals surface area contributed by atoms with Crippen molar-refractivity contribution in [3.63, 3.8) is 0 Å². The Hall–Kier alpha value is -0.0900. The van der Waals surface area contributed by atoms with Crippen molar-refractivity contribution < 1.29 is 4.18 Å². The predicted octanol–water partition coefficient (Wildman–Crippen LogP) is 3.44. The monoisotopic (exact) mass is 237 g/mol. The van der Waals surface area contributed by atoms with E-state index in [1.165, 1.54) is 7.11 Å². The van der Waals surface area contributed by atoms with E-state index >= 15 is 0 Å². The van der Waals surface area contributed by atoms with Crippen LogP contribution in [-0.4, -0.2) is 7.11 Å². The zero-order valence-electron chi connectivity index (χ0n) is 7.01. The van der Waals surface area contributed by atoms with Crippen LogP contribution in [0.25, 0.3) is 0 Å². The van der Waals surface area contributed by atoms with Gasteiger partial charge in [0.2, 0.25) is 0 Å². The number of hydrogen-bond donors (Lipinski definition) is 1. The van der Waals surface area contributed by atoms with Crippen LogP contribution >= 0.6 is 23.2 Å². The lowest BCUT2D eigenvalue weighted by atomic mass is 10.2. The van der Waals surface area contributed by atoms with Crippen LogP contribution in [0.5, 0.6) is 0 Å². The van der Waals surface area contributed by atoms with Crippen molar-refractivity contribution >= 4 is 34.2 Å². The van der Waals surface area contributed by atoms with Crippen molar-refractivity contribution in [3.8, 4) is 0 Å². The maximum atomic E-state index is 7.42. The summed E-state index contributed by atoms with van der Waals surface area (Å²) in [6.45, 7) is 0. The first-order valence-corrected chi connectivity index (χ1v) is 5.61. The van der Waals surface area contributed by atoms with Gasteiger partial charge in [-0.3, -0.25) is 4.78 Å². The minimum Gasteiger partial charge on any atom is -0.309 e. The topological polar surface area (TPSA) is 33.1 Å². The maximum absolute atomic E-state index is 7.42. The molecule has 0 saturated heterocycles. The Kier molecular flexibility index (Phi) is 4.19. The highest BCUT2D eigenvalue weighted by atomic mass is 35.5. The molecule has 1 rings (SSSR count). The Morgan fingerprint density at radius 3 is 2.31 bits per heavy atom. The largest absolute Gasteiger partial charge is 0.309 e. The van der Waals surface area contributed by atoms with E-state index in [-0.39, 0.29) is 0 Å². The molecule has 0 fully saturated rings. The number of halogens is 2. The molecule has 0 heterocycles. The second-order valence-electron chi connectivity index (χ2n) is 2.43. The van der Waals surface area contributed by atoms with E-state index in [4.69, 9.17) is 32.2 Å². The SMILES string of the molecule is COS(=N)Cc1cc(Cl)cc(Cl)c1. The van der Waals surface area contributed by atoms with Gasteiger partial charge in [0.25, 0.3) is 0 Å². The Morgan fingerprint density at radius 1 is 1.31 bits per heavy atom. The average molecular weight is 238 g/mol. The minimum atomic E-state index is -0.812. The fraction of sp³-hybridized carbons (Fsp3) is 0.250. The van der Waals surface area contributed by atoms with Crippen LogP contribution in [0, 0.1) is 4.78 Å². The number of rotatable bonds is 3. The zero-order chi connectivity index (χ0) is 9.84. The molecule has 0 radical (unpaired) electrons. The van der Waals surface area contributed by atoms with Gasteiger partial charge >= 0.3 is 0 Å². The molecule has 0 saturated carbocycles. The van der Waals surface area contributed by atoms with Crippen LogP contribution in [0.1, 0.15) is 5.56 Å². The molecule has 1 aromatic rings. The predicted molar refractivity (Wildman–Crippen MR) is 57.3 cm³/mol. The van der Waals surface area contributed by atoms with Crippen molar-refractivity contribution in [3.05, 3.63) is 33.8 Å². The third-order valence-electron chi connectivity index (χ3n) is 1.42. The maximum Gasteiger partial charge on any atom is 0.0541 e. The second kappa shape index (κ2) is 4.96. The first-order valence-electron chi connectivity index (χ1n) is 3.53. The highest BCUT2D eigenvalue weighted by molar-refractivity contribution is 7.80. The lowest BCUT2D eigenvalue weighted by Crippen LogP contribution is -1.95. The van der Waals surface area contributed by atoms with Crippen LogP contribution in [0.2, 0.25) is 10.0 Å². The summed E-state index contributed by atoms with van der Waals surface area (Å²) in [7, 11) is 0.704. The average Bonchev–Trinajstić information content (AvgIpc) is 2.02. The standard InChI is InChI=1S/C8H9Cl2NOS/c1-12-13(11)5-6-2-7(9)4-8(10)3-6/h2-4,11H,5H2,1H3. The van der Waals surface area contributed by atoms with Crippen LogP contribution in [-0.2, 0) is 20.9 Å². The van der Waals surface area contributed by atoms with E-state index in [0.29, 0.717) is 15.8 Å². The number of hydrogen-bond acceptors (Lipinski definition) is 2. The minimum absolute atomic E-state index is 0.525. The van der Waals surface area contributed by atoms with Gasteiger partial charge in [-0.15, -0.1) is 0 Å². The van der Waals surface area contributed by atoms with E-state index in [0.717, 1.165) is 5.56 Å². The number of nitrogens with one attached hydrogen (secondary N) is 1. The Bertz CT molecular complexity index is 310. The Balaban J connectivity index is 2.83. The van der Waals surface area contributed by atoms with Crippen molar-refractivity contribution in [1.29, 1.82) is 4.78 Å². The first-order chi connectivity index (χ1) is 6.11. The summed E-state index contributed by atoms with van der Waals surface area (Å²) >= 11 is 11.6. The molecule has 1 aromatic carbocycles. The van der Waals surface area contributed by atoms with Crippen molar-refractivity contribution in [2.45, 2.75) is 5.75 Å². The van der Waals surface area contributed by atoms with E-state index in [1.54, 1.807) is 18.2 Å². The van der Waals surface area contributed by atoms with Gasteiger partial charge in [-0.1, -0.05) is 23.2 Å². The molecule has 0 spiro atoms. The van der Waals surface area contributed by atoms with Gasteiger partial charge in [-0.2, -0.15) is 0 Å². The van der Waals surface area contributed by atoms with Crippen molar-refractivity contribution in [2.24, 2.45) is 0 Å². The molecule has 0 amide bonds. The molecular formula is C8H9Cl2NOS. The smallest absolute Gasteiger partial charge is 0.0541 e. The summed E-state index contributed by atoms with van der Waals surface area (Å²) in [6.07, 6.45) is 0. The third kappa shape index (κ3) is 3.65. The molecule has 0 aliphatic carbocycles. The molecule has 0 aliphatic rings. The van der Waals surface area contributed by atoms with Gasteiger partial charge in [-0.25, -0.2) is 0 Å². The van der Waals surface area contributed by atoms with Crippen molar-refractivity contribution in [1.82, 2.24) is 0 Å². The summed E-state index contributed by atoms with van der Waals surface area (Å²) < 4.78 is 12.3. The molecule has 1 N–H and O–H groups in total. The molecule has 0 bridgehead atoms. The summed E-state index contributed by atoms with van der Waals surface area (Å²) in [5, 5.41) is 1.19. The van der Waals surface area contributed by atoms with Gasteiger partial charge < -0.3 is 4.18 Å². The van der Waals surface area contributed by atoms with Gasteiger partial charge in [0.05, 0.1) is 12.9 Å². The second-order valence-corrected chi connectivity index (χ2v) is 4.62. The molecule has 13 heavy (non-hydrogen) atoms. The van der Waals surface area contributed by atoms with Crippen LogP contribution < -0.4 is 0 Å².